The topological polar surface area (TPSA) is 102 Å². The highest BCUT2D eigenvalue weighted by atomic mass is 16.6. The molecule has 2 N–H and O–H groups in total. The van der Waals surface area contributed by atoms with Gasteiger partial charge in [-0.1, -0.05) is 30.3 Å². The van der Waals surface area contributed by atoms with Crippen molar-refractivity contribution in [3.63, 3.8) is 0 Å². The van der Waals surface area contributed by atoms with E-state index in [0.717, 1.165) is 22.6 Å². The Morgan fingerprint density at radius 3 is 2.33 bits per heavy atom. The van der Waals surface area contributed by atoms with Crippen LogP contribution >= 0.6 is 0 Å². The van der Waals surface area contributed by atoms with E-state index in [4.69, 9.17) is 4.74 Å². The predicted octanol–water partition coefficient (Wildman–Crippen LogP) is 3.43. The molecule has 0 saturated carbocycles. The fourth-order valence-electron chi connectivity index (χ4n) is 2.67. The molecule has 0 aliphatic rings. The largest absolute Gasteiger partial charge is 0.497 e. The van der Waals surface area contributed by atoms with Crippen LogP contribution in [0.2, 0.25) is 0 Å². The molecule has 0 unspecified atom stereocenters. The first kappa shape index (κ1) is 20.8. The van der Waals surface area contributed by atoms with Gasteiger partial charge in [0, 0.05) is 24.9 Å². The molecule has 0 bridgehead atoms. The van der Waals surface area contributed by atoms with Crippen LogP contribution in [0.3, 0.4) is 0 Å². The van der Waals surface area contributed by atoms with Crippen LogP contribution in [0.15, 0.2) is 77.9 Å². The minimum absolute atomic E-state index is 0.0698. The predicted molar refractivity (Wildman–Crippen MR) is 115 cm³/mol. The number of nitrogens with zero attached hydrogens (tertiary/aromatic N) is 3. The average Bonchev–Trinajstić information content (AvgIpc) is 2.80. The van der Waals surface area contributed by atoms with Crippen molar-refractivity contribution < 1.29 is 9.66 Å². The SMILES string of the molecule is COc1ccc(CN=C(NCc2ccc([N+](=O)[O-])cc2)NCc2ccccn2)cc1. The number of guanidine groups is 1. The molecule has 8 nitrogen and oxygen atoms in total. The van der Waals surface area contributed by atoms with Crippen molar-refractivity contribution in [3.8, 4) is 5.75 Å². The third kappa shape index (κ3) is 6.30. The summed E-state index contributed by atoms with van der Waals surface area (Å²) in [7, 11) is 1.63. The van der Waals surface area contributed by atoms with Gasteiger partial charge in [0.05, 0.1) is 30.8 Å². The van der Waals surface area contributed by atoms with Crippen LogP contribution in [0.25, 0.3) is 0 Å². The van der Waals surface area contributed by atoms with Gasteiger partial charge in [-0.05, 0) is 35.4 Å². The molecule has 154 valence electrons. The van der Waals surface area contributed by atoms with Crippen molar-refractivity contribution in [2.75, 3.05) is 7.11 Å². The highest BCUT2D eigenvalue weighted by Gasteiger charge is 2.05. The number of nitrogens with one attached hydrogen (secondary N) is 2. The number of aromatic nitrogens is 1. The molecule has 0 radical (unpaired) electrons. The van der Waals surface area contributed by atoms with E-state index in [-0.39, 0.29) is 5.69 Å². The number of hydrogen-bond acceptors (Lipinski definition) is 5. The summed E-state index contributed by atoms with van der Waals surface area (Å²) in [6.45, 7) is 1.49. The van der Waals surface area contributed by atoms with Gasteiger partial charge in [0.15, 0.2) is 5.96 Å². The number of ether oxygens (including phenoxy) is 1. The molecule has 0 fully saturated rings. The Kier molecular flexibility index (Phi) is 7.32. The third-order valence-electron chi connectivity index (χ3n) is 4.35. The molecule has 0 spiro atoms. The Morgan fingerprint density at radius 1 is 1.00 bits per heavy atom. The van der Waals surface area contributed by atoms with Crippen molar-refractivity contribution in [1.82, 2.24) is 15.6 Å². The zero-order chi connectivity index (χ0) is 21.2. The van der Waals surface area contributed by atoms with E-state index in [1.807, 2.05) is 42.5 Å². The lowest BCUT2D eigenvalue weighted by Gasteiger charge is -2.13. The smallest absolute Gasteiger partial charge is 0.269 e. The van der Waals surface area contributed by atoms with Crippen molar-refractivity contribution in [3.05, 3.63) is 99.9 Å². The summed E-state index contributed by atoms with van der Waals surface area (Å²) in [5.41, 5.74) is 2.93. The summed E-state index contributed by atoms with van der Waals surface area (Å²) in [6, 6.07) is 19.9. The van der Waals surface area contributed by atoms with Gasteiger partial charge < -0.3 is 15.4 Å². The van der Waals surface area contributed by atoms with Crippen molar-refractivity contribution in [2.24, 2.45) is 4.99 Å². The summed E-state index contributed by atoms with van der Waals surface area (Å²) in [4.78, 5) is 19.3. The van der Waals surface area contributed by atoms with Gasteiger partial charge in [0.25, 0.3) is 5.69 Å². The Morgan fingerprint density at radius 2 is 1.70 bits per heavy atom. The van der Waals surface area contributed by atoms with Crippen LogP contribution in [-0.2, 0) is 19.6 Å². The van der Waals surface area contributed by atoms with Gasteiger partial charge in [-0.3, -0.25) is 15.1 Å². The van der Waals surface area contributed by atoms with Gasteiger partial charge in [0.2, 0.25) is 0 Å². The molecule has 0 amide bonds. The second-order valence-corrected chi connectivity index (χ2v) is 6.46. The second kappa shape index (κ2) is 10.6. The molecule has 0 saturated heterocycles. The van der Waals surface area contributed by atoms with E-state index < -0.39 is 4.92 Å². The van der Waals surface area contributed by atoms with Crippen LogP contribution in [0.1, 0.15) is 16.8 Å². The summed E-state index contributed by atoms with van der Waals surface area (Å²) in [5, 5.41) is 17.3. The monoisotopic (exact) mass is 405 g/mol. The molecule has 1 aromatic heterocycles. The van der Waals surface area contributed by atoms with Crippen molar-refractivity contribution >= 4 is 11.6 Å². The lowest BCUT2D eigenvalue weighted by Crippen LogP contribution is -2.36. The lowest BCUT2D eigenvalue weighted by atomic mass is 10.2. The first-order valence-corrected chi connectivity index (χ1v) is 9.42. The molecule has 30 heavy (non-hydrogen) atoms. The maximum atomic E-state index is 10.8. The van der Waals surface area contributed by atoms with Gasteiger partial charge in [-0.25, -0.2) is 4.99 Å². The van der Waals surface area contributed by atoms with Gasteiger partial charge in [-0.2, -0.15) is 0 Å². The first-order valence-electron chi connectivity index (χ1n) is 9.42. The fourth-order valence-corrected chi connectivity index (χ4v) is 2.67. The number of hydrogen-bond donors (Lipinski definition) is 2. The number of nitro benzene ring substituents is 1. The molecule has 0 aliphatic heterocycles. The number of rotatable bonds is 8. The van der Waals surface area contributed by atoms with E-state index in [1.54, 1.807) is 25.4 Å². The first-order chi connectivity index (χ1) is 14.6. The summed E-state index contributed by atoms with van der Waals surface area (Å²) in [5.74, 6) is 1.42. The summed E-state index contributed by atoms with van der Waals surface area (Å²) in [6.07, 6.45) is 1.75. The molecule has 2 aromatic carbocycles. The van der Waals surface area contributed by atoms with Gasteiger partial charge in [0.1, 0.15) is 5.75 Å². The summed E-state index contributed by atoms with van der Waals surface area (Å²) < 4.78 is 5.18. The fraction of sp³-hybridized carbons (Fsp3) is 0.182. The molecule has 3 aromatic rings. The molecule has 1 heterocycles. The standard InChI is InChI=1S/C22H23N5O3/c1-30-21-11-7-18(8-12-21)15-25-22(26-16-19-4-2-3-13-23-19)24-14-17-5-9-20(10-6-17)27(28)29/h2-13H,14-16H2,1H3,(H2,24,25,26). The normalized spacial score (nSPS) is 11.0. The van der Waals surface area contributed by atoms with Crippen LogP contribution in [-0.4, -0.2) is 23.0 Å². The Balaban J connectivity index is 1.66. The van der Waals surface area contributed by atoms with E-state index >= 15 is 0 Å². The van der Waals surface area contributed by atoms with E-state index in [9.17, 15) is 10.1 Å². The number of aliphatic imine (C=N–C) groups is 1. The van der Waals surface area contributed by atoms with Gasteiger partial charge >= 0.3 is 0 Å². The second-order valence-electron chi connectivity index (χ2n) is 6.46. The molecule has 0 atom stereocenters. The number of nitro groups is 1. The Labute approximate surface area is 174 Å². The molecule has 0 aliphatic carbocycles. The molecular formula is C22H23N5O3. The van der Waals surface area contributed by atoms with Crippen molar-refractivity contribution in [2.45, 2.75) is 19.6 Å². The third-order valence-corrected chi connectivity index (χ3v) is 4.35. The van der Waals surface area contributed by atoms with Crippen molar-refractivity contribution in [1.29, 1.82) is 0 Å². The van der Waals surface area contributed by atoms with Gasteiger partial charge in [-0.15, -0.1) is 0 Å². The van der Waals surface area contributed by atoms with Crippen LogP contribution in [0.4, 0.5) is 5.69 Å². The van der Waals surface area contributed by atoms with Crippen LogP contribution < -0.4 is 15.4 Å². The maximum absolute atomic E-state index is 10.8. The summed E-state index contributed by atoms with van der Waals surface area (Å²) >= 11 is 0. The Hall–Kier alpha value is -3.94. The van der Waals surface area contributed by atoms with Crippen LogP contribution in [0, 0.1) is 10.1 Å². The maximum Gasteiger partial charge on any atom is 0.269 e. The Bertz CT molecular complexity index is 974. The zero-order valence-corrected chi connectivity index (χ0v) is 16.6. The number of methoxy groups -OCH3 is 1. The van der Waals surface area contributed by atoms with E-state index in [1.165, 1.54) is 12.1 Å². The minimum atomic E-state index is -0.409. The zero-order valence-electron chi connectivity index (χ0n) is 16.6. The minimum Gasteiger partial charge on any atom is -0.497 e. The average molecular weight is 405 g/mol. The highest BCUT2D eigenvalue weighted by Crippen LogP contribution is 2.13. The molecule has 3 rings (SSSR count). The number of benzene rings is 2. The number of pyridine rings is 1. The number of non-ortho nitro benzene ring substituents is 1. The molecule has 8 heteroatoms. The molecular weight excluding hydrogens is 382 g/mol. The van der Waals surface area contributed by atoms with E-state index in [0.29, 0.717) is 25.6 Å². The van der Waals surface area contributed by atoms with Crippen LogP contribution in [0.5, 0.6) is 5.75 Å². The van der Waals surface area contributed by atoms with E-state index in [2.05, 4.69) is 20.6 Å². The quantitative estimate of drug-likeness (QED) is 0.258. The lowest BCUT2D eigenvalue weighted by molar-refractivity contribution is -0.384. The highest BCUT2D eigenvalue weighted by molar-refractivity contribution is 5.79.